The number of carbonyl (C=O) groups excluding carboxylic acids is 3. The van der Waals surface area contributed by atoms with Crippen LogP contribution in [0.15, 0.2) is 54.6 Å². The fraction of sp³-hybridized carbons (Fsp3) is 0.250. The number of alkyl carbamates (subject to hydrolysis) is 1. The number of nitrogens with zero attached hydrogens (tertiary/aromatic N) is 1. The highest BCUT2D eigenvalue weighted by atomic mass is 31.2. The van der Waals surface area contributed by atoms with Gasteiger partial charge in [0, 0.05) is 0 Å². The van der Waals surface area contributed by atoms with Crippen LogP contribution >= 0.6 is 7.75 Å². The molecule has 0 spiro atoms. The lowest BCUT2D eigenvalue weighted by atomic mass is 10.0. The van der Waals surface area contributed by atoms with Gasteiger partial charge in [-0.2, -0.15) is 0 Å². The zero-order valence-electron chi connectivity index (χ0n) is 17.0. The van der Waals surface area contributed by atoms with Gasteiger partial charge in [-0.05, 0) is 23.3 Å². The highest BCUT2D eigenvalue weighted by Gasteiger charge is 2.47. The summed E-state index contributed by atoms with van der Waals surface area (Å²) in [5, 5.41) is 4.86. The monoisotopic (exact) mass is 463 g/mol. The molecule has 0 aromatic heterocycles. The molecule has 32 heavy (non-hydrogen) atoms. The van der Waals surface area contributed by atoms with Gasteiger partial charge in [-0.25, -0.2) is 14.0 Å². The minimum Gasteiger partial charge on any atom is -0.497 e. The molecule has 1 heterocycles. The van der Waals surface area contributed by atoms with E-state index in [2.05, 4.69) is 10.6 Å². The number of hydrogen-bond acceptors (Lipinski definition) is 6. The molecule has 0 radical (unpaired) electrons. The van der Waals surface area contributed by atoms with Gasteiger partial charge < -0.3 is 29.9 Å². The van der Waals surface area contributed by atoms with Gasteiger partial charge in [-0.3, -0.25) is 9.59 Å². The van der Waals surface area contributed by atoms with Crippen molar-refractivity contribution >= 4 is 25.7 Å². The normalized spacial score (nSPS) is 16.5. The molecule has 12 heteroatoms. The van der Waals surface area contributed by atoms with Crippen LogP contribution in [0.3, 0.4) is 0 Å². The molecular weight excluding hydrogens is 441 g/mol. The van der Waals surface area contributed by atoms with Crippen LogP contribution in [0.1, 0.15) is 17.2 Å². The molecule has 3 rings (SSSR count). The molecule has 2 aromatic carbocycles. The molecule has 2 atom stereocenters. The maximum Gasteiger partial charge on any atom is 0.432 e. The number of carbonyl (C=O) groups is 3. The number of nitrogens with one attached hydrogen (secondary N) is 2. The molecular formula is C20H22N3O8P. The van der Waals surface area contributed by atoms with Gasteiger partial charge in [0.2, 0.25) is 5.91 Å². The van der Waals surface area contributed by atoms with Crippen molar-refractivity contribution in [3.05, 3.63) is 65.7 Å². The summed E-state index contributed by atoms with van der Waals surface area (Å²) in [7, 11) is -3.18. The second kappa shape index (κ2) is 9.82. The van der Waals surface area contributed by atoms with Crippen LogP contribution in [0.4, 0.5) is 4.79 Å². The second-order valence-electron chi connectivity index (χ2n) is 6.91. The summed E-state index contributed by atoms with van der Waals surface area (Å²) in [5.41, 5.74) is 1.14. The topological polar surface area (TPSA) is 154 Å². The van der Waals surface area contributed by atoms with Gasteiger partial charge in [-0.15, -0.1) is 0 Å². The molecule has 0 saturated carbocycles. The molecule has 1 aliphatic rings. The fourth-order valence-corrected chi connectivity index (χ4v) is 3.75. The van der Waals surface area contributed by atoms with Crippen molar-refractivity contribution in [2.24, 2.45) is 0 Å². The summed E-state index contributed by atoms with van der Waals surface area (Å²) in [5.74, 6) is -0.969. The van der Waals surface area contributed by atoms with E-state index in [-0.39, 0.29) is 13.2 Å². The van der Waals surface area contributed by atoms with Crippen molar-refractivity contribution in [1.82, 2.24) is 15.3 Å². The van der Waals surface area contributed by atoms with Crippen LogP contribution in [0.5, 0.6) is 5.75 Å². The van der Waals surface area contributed by atoms with Gasteiger partial charge in [0.15, 0.2) is 0 Å². The first-order chi connectivity index (χ1) is 15.2. The van der Waals surface area contributed by atoms with Gasteiger partial charge in [0.05, 0.1) is 13.7 Å². The Morgan fingerprint density at radius 3 is 2.38 bits per heavy atom. The van der Waals surface area contributed by atoms with E-state index in [0.29, 0.717) is 21.5 Å². The summed E-state index contributed by atoms with van der Waals surface area (Å²) in [4.78, 5) is 55.2. The largest absolute Gasteiger partial charge is 0.497 e. The number of methoxy groups -OCH3 is 1. The highest BCUT2D eigenvalue weighted by molar-refractivity contribution is 7.50. The number of β-lactam (4-membered cyclic amide) rings is 1. The zero-order chi connectivity index (χ0) is 23.3. The average molecular weight is 463 g/mol. The predicted octanol–water partition coefficient (Wildman–Crippen LogP) is 1.08. The summed E-state index contributed by atoms with van der Waals surface area (Å²) >= 11 is 0. The van der Waals surface area contributed by atoms with Crippen LogP contribution in [-0.2, 0) is 25.5 Å². The standard InChI is InChI=1S/C20H22N3O8P/c1-30-15-9-7-13(8-10-15)12-31-20(26)22-17(14-5-3-2-4-6-14)18(24)21-16-11-23(19(16)25)32(27,28)29/h2-10,16-17H,11-12H2,1H3,(H,21,24)(H,22,26)(H2,27,28,29)/t16-,17?/m0/s1. The van der Waals surface area contributed by atoms with Crippen molar-refractivity contribution in [3.8, 4) is 5.75 Å². The summed E-state index contributed by atoms with van der Waals surface area (Å²) in [6.45, 7) is -0.379. The molecule has 2 aromatic rings. The maximum atomic E-state index is 12.8. The van der Waals surface area contributed by atoms with Crippen molar-refractivity contribution in [2.75, 3.05) is 13.7 Å². The van der Waals surface area contributed by atoms with E-state index >= 15 is 0 Å². The SMILES string of the molecule is COc1ccc(COC(=O)NC(C(=O)N[C@H]2CN(P(=O)(O)O)C2=O)c2ccccc2)cc1. The van der Waals surface area contributed by atoms with Gasteiger partial charge in [0.1, 0.15) is 24.4 Å². The third kappa shape index (κ3) is 5.64. The third-order valence-corrected chi connectivity index (χ3v) is 5.71. The molecule has 11 nitrogen and oxygen atoms in total. The molecule has 170 valence electrons. The number of hydrogen-bond donors (Lipinski definition) is 4. The Bertz CT molecular complexity index is 1020. The van der Waals surface area contributed by atoms with Crippen LogP contribution in [0.2, 0.25) is 0 Å². The molecule has 1 unspecified atom stereocenters. The first-order valence-corrected chi connectivity index (χ1v) is 11.0. The molecule has 3 amide bonds. The van der Waals surface area contributed by atoms with Crippen LogP contribution < -0.4 is 15.4 Å². The van der Waals surface area contributed by atoms with Gasteiger partial charge >= 0.3 is 13.8 Å². The maximum absolute atomic E-state index is 12.8. The molecule has 1 fully saturated rings. The van der Waals surface area contributed by atoms with Crippen LogP contribution in [-0.4, -0.2) is 52.1 Å². The van der Waals surface area contributed by atoms with Crippen LogP contribution in [0.25, 0.3) is 0 Å². The zero-order valence-corrected chi connectivity index (χ0v) is 17.9. The van der Waals surface area contributed by atoms with Crippen molar-refractivity contribution < 1.29 is 38.2 Å². The number of rotatable bonds is 8. The van der Waals surface area contributed by atoms with E-state index in [1.807, 2.05) is 0 Å². The first kappa shape index (κ1) is 23.3. The van der Waals surface area contributed by atoms with E-state index < -0.39 is 37.7 Å². The Hall–Kier alpha value is -3.40. The molecule has 4 N–H and O–H groups in total. The smallest absolute Gasteiger partial charge is 0.432 e. The Balaban J connectivity index is 1.63. The minimum absolute atomic E-state index is 0.0443. The molecule has 0 bridgehead atoms. The number of benzene rings is 2. The highest BCUT2D eigenvalue weighted by Crippen LogP contribution is 2.44. The van der Waals surface area contributed by atoms with E-state index in [1.165, 1.54) is 7.11 Å². The minimum atomic E-state index is -4.72. The predicted molar refractivity (Wildman–Crippen MR) is 111 cm³/mol. The number of ether oxygens (including phenoxy) is 2. The molecule has 1 saturated heterocycles. The Kier molecular flexibility index (Phi) is 7.14. The lowest BCUT2D eigenvalue weighted by Gasteiger charge is -2.38. The van der Waals surface area contributed by atoms with Crippen molar-refractivity contribution in [1.29, 1.82) is 0 Å². The lowest BCUT2D eigenvalue weighted by Crippen LogP contribution is -2.63. The molecule has 0 aliphatic carbocycles. The van der Waals surface area contributed by atoms with E-state index in [0.717, 1.165) is 0 Å². The Morgan fingerprint density at radius 2 is 1.81 bits per heavy atom. The average Bonchev–Trinajstić information content (AvgIpc) is 2.78. The Labute approximate surface area is 183 Å². The van der Waals surface area contributed by atoms with Gasteiger partial charge in [-0.1, -0.05) is 42.5 Å². The summed E-state index contributed by atoms with van der Waals surface area (Å²) in [6, 6.07) is 12.9. The third-order valence-electron chi connectivity index (χ3n) is 4.73. The summed E-state index contributed by atoms with van der Waals surface area (Å²) < 4.78 is 21.8. The second-order valence-corrected chi connectivity index (χ2v) is 8.42. The quantitative estimate of drug-likeness (QED) is 0.335. The fourth-order valence-electron chi connectivity index (χ4n) is 2.98. The Morgan fingerprint density at radius 1 is 1.16 bits per heavy atom. The van der Waals surface area contributed by atoms with Crippen molar-refractivity contribution in [2.45, 2.75) is 18.7 Å². The van der Waals surface area contributed by atoms with E-state index in [9.17, 15) is 18.9 Å². The van der Waals surface area contributed by atoms with E-state index in [4.69, 9.17) is 19.3 Å². The summed E-state index contributed by atoms with van der Waals surface area (Å²) in [6.07, 6.45) is -0.860. The molecule has 1 aliphatic heterocycles. The lowest BCUT2D eigenvalue weighted by molar-refractivity contribution is -0.142. The van der Waals surface area contributed by atoms with E-state index in [1.54, 1.807) is 54.6 Å². The first-order valence-electron chi connectivity index (χ1n) is 9.48. The van der Waals surface area contributed by atoms with Crippen molar-refractivity contribution in [3.63, 3.8) is 0 Å². The van der Waals surface area contributed by atoms with Crippen LogP contribution in [0, 0.1) is 0 Å². The number of amides is 3. The van der Waals surface area contributed by atoms with Gasteiger partial charge in [0.25, 0.3) is 5.91 Å².